The molecule has 25 heavy (non-hydrogen) atoms. The molecule has 1 fully saturated rings. The number of benzene rings is 2. The molecule has 0 unspecified atom stereocenters. The van der Waals surface area contributed by atoms with E-state index in [9.17, 15) is 0 Å². The molecule has 2 aromatic carbocycles. The fraction of sp³-hybridized carbons (Fsp3) is 0.455. The standard InChI is InChI=1S/C22H28N2O/c1-23(12-13-25-2)19-8-6-17-14-18-7-9-20(16-22(18)21(17)15-19)24-10-4-3-5-11-24/h6-9,15-16H,3-5,10-14H2,1-2H3. The van der Waals surface area contributed by atoms with Crippen molar-refractivity contribution in [1.29, 1.82) is 0 Å². The molecule has 0 atom stereocenters. The zero-order valence-corrected chi connectivity index (χ0v) is 15.4. The fourth-order valence-electron chi connectivity index (χ4n) is 4.09. The average molecular weight is 336 g/mol. The minimum atomic E-state index is 0.753. The first-order valence-electron chi connectivity index (χ1n) is 9.47. The Bertz CT molecular complexity index is 750. The molecule has 2 aliphatic rings. The maximum atomic E-state index is 5.22. The van der Waals surface area contributed by atoms with E-state index in [-0.39, 0.29) is 0 Å². The summed E-state index contributed by atoms with van der Waals surface area (Å²) in [6.45, 7) is 4.07. The van der Waals surface area contributed by atoms with Crippen LogP contribution in [0.1, 0.15) is 30.4 Å². The van der Waals surface area contributed by atoms with E-state index >= 15 is 0 Å². The predicted octanol–water partition coefficient (Wildman–Crippen LogP) is 4.33. The predicted molar refractivity (Wildman–Crippen MR) is 106 cm³/mol. The Kier molecular flexibility index (Phi) is 4.67. The van der Waals surface area contributed by atoms with Crippen molar-refractivity contribution in [2.75, 3.05) is 50.2 Å². The van der Waals surface area contributed by atoms with Gasteiger partial charge in [0.1, 0.15) is 0 Å². The third kappa shape index (κ3) is 3.25. The van der Waals surface area contributed by atoms with E-state index in [1.807, 2.05) is 0 Å². The van der Waals surface area contributed by atoms with Gasteiger partial charge in [-0.1, -0.05) is 12.1 Å². The van der Waals surface area contributed by atoms with Gasteiger partial charge in [0.25, 0.3) is 0 Å². The molecule has 0 amide bonds. The number of likely N-dealkylation sites (N-methyl/N-ethyl adjacent to an activating group) is 1. The zero-order chi connectivity index (χ0) is 17.2. The maximum Gasteiger partial charge on any atom is 0.0637 e. The highest BCUT2D eigenvalue weighted by atomic mass is 16.5. The van der Waals surface area contributed by atoms with E-state index < -0.39 is 0 Å². The lowest BCUT2D eigenvalue weighted by molar-refractivity contribution is 0.206. The van der Waals surface area contributed by atoms with Gasteiger partial charge >= 0.3 is 0 Å². The Morgan fingerprint density at radius 2 is 1.68 bits per heavy atom. The molecule has 0 radical (unpaired) electrons. The van der Waals surface area contributed by atoms with Crippen LogP contribution in [0.3, 0.4) is 0 Å². The number of piperidine rings is 1. The summed E-state index contributed by atoms with van der Waals surface area (Å²) in [6.07, 6.45) is 5.08. The van der Waals surface area contributed by atoms with Gasteiger partial charge in [-0.2, -0.15) is 0 Å². The SMILES string of the molecule is COCCN(C)c1ccc2c(c1)-c1cc(N3CCCCC3)ccc1C2. The molecule has 1 aliphatic heterocycles. The molecule has 0 aromatic heterocycles. The molecule has 132 valence electrons. The summed E-state index contributed by atoms with van der Waals surface area (Å²) in [4.78, 5) is 4.83. The van der Waals surface area contributed by atoms with E-state index in [4.69, 9.17) is 4.74 Å². The number of fused-ring (bicyclic) bond motifs is 3. The topological polar surface area (TPSA) is 15.7 Å². The average Bonchev–Trinajstić information content (AvgIpc) is 3.03. The van der Waals surface area contributed by atoms with E-state index in [0.29, 0.717) is 0 Å². The van der Waals surface area contributed by atoms with Gasteiger partial charge < -0.3 is 14.5 Å². The van der Waals surface area contributed by atoms with Gasteiger partial charge in [0.2, 0.25) is 0 Å². The molecule has 1 heterocycles. The van der Waals surface area contributed by atoms with Crippen LogP contribution in [-0.2, 0) is 11.2 Å². The summed E-state index contributed by atoms with van der Waals surface area (Å²) in [7, 11) is 3.90. The van der Waals surface area contributed by atoms with Crippen LogP contribution in [0.15, 0.2) is 36.4 Å². The van der Waals surface area contributed by atoms with Gasteiger partial charge in [-0.25, -0.2) is 0 Å². The van der Waals surface area contributed by atoms with Crippen molar-refractivity contribution < 1.29 is 4.74 Å². The van der Waals surface area contributed by atoms with Crippen molar-refractivity contribution >= 4 is 11.4 Å². The molecule has 0 bridgehead atoms. The highest BCUT2D eigenvalue weighted by Gasteiger charge is 2.21. The molecule has 0 spiro atoms. The Labute approximate surface area is 151 Å². The van der Waals surface area contributed by atoms with Crippen LogP contribution in [0.5, 0.6) is 0 Å². The molecular weight excluding hydrogens is 308 g/mol. The highest BCUT2D eigenvalue weighted by molar-refractivity contribution is 5.82. The van der Waals surface area contributed by atoms with Crippen molar-refractivity contribution in [2.45, 2.75) is 25.7 Å². The van der Waals surface area contributed by atoms with Crippen LogP contribution < -0.4 is 9.80 Å². The summed E-state index contributed by atoms with van der Waals surface area (Å²) in [6, 6.07) is 14.0. The summed E-state index contributed by atoms with van der Waals surface area (Å²) < 4.78 is 5.22. The van der Waals surface area contributed by atoms with Crippen molar-refractivity contribution in [3.63, 3.8) is 0 Å². The van der Waals surface area contributed by atoms with Gasteiger partial charge in [0.15, 0.2) is 0 Å². The summed E-state index contributed by atoms with van der Waals surface area (Å²) in [5, 5.41) is 0. The van der Waals surface area contributed by atoms with Gasteiger partial charge in [-0.05, 0) is 72.2 Å². The number of methoxy groups -OCH3 is 1. The molecule has 4 rings (SSSR count). The second kappa shape index (κ2) is 7.09. The Balaban J connectivity index is 1.64. The Morgan fingerprint density at radius 1 is 0.960 bits per heavy atom. The lowest BCUT2D eigenvalue weighted by atomic mass is 10.0. The number of rotatable bonds is 5. The van der Waals surface area contributed by atoms with Crippen LogP contribution in [0.2, 0.25) is 0 Å². The normalized spacial score (nSPS) is 15.8. The van der Waals surface area contributed by atoms with Crippen molar-refractivity contribution in [3.05, 3.63) is 47.5 Å². The minimum absolute atomic E-state index is 0.753. The summed E-state index contributed by atoms with van der Waals surface area (Å²) in [5.41, 5.74) is 8.43. The molecule has 1 saturated heterocycles. The molecule has 3 heteroatoms. The molecule has 2 aromatic rings. The summed E-state index contributed by atoms with van der Waals surface area (Å²) in [5.74, 6) is 0. The quantitative estimate of drug-likeness (QED) is 0.690. The fourth-order valence-corrected chi connectivity index (χ4v) is 4.09. The largest absolute Gasteiger partial charge is 0.383 e. The van der Waals surface area contributed by atoms with Gasteiger partial charge in [0.05, 0.1) is 6.61 Å². The van der Waals surface area contributed by atoms with E-state index in [1.54, 1.807) is 7.11 Å². The highest BCUT2D eigenvalue weighted by Crippen LogP contribution is 2.40. The lowest BCUT2D eigenvalue weighted by Gasteiger charge is -2.29. The van der Waals surface area contributed by atoms with Crippen LogP contribution >= 0.6 is 0 Å². The van der Waals surface area contributed by atoms with Gasteiger partial charge in [-0.15, -0.1) is 0 Å². The second-order valence-corrected chi connectivity index (χ2v) is 7.32. The Hall–Kier alpha value is -2.00. The number of hydrogen-bond donors (Lipinski definition) is 0. The van der Waals surface area contributed by atoms with E-state index in [1.165, 1.54) is 66.0 Å². The Morgan fingerprint density at radius 3 is 2.44 bits per heavy atom. The van der Waals surface area contributed by atoms with E-state index in [0.717, 1.165) is 19.6 Å². The van der Waals surface area contributed by atoms with Gasteiger partial charge in [-0.3, -0.25) is 0 Å². The number of anilines is 2. The molecule has 0 saturated carbocycles. The van der Waals surface area contributed by atoms with Crippen molar-refractivity contribution in [3.8, 4) is 11.1 Å². The maximum absolute atomic E-state index is 5.22. The zero-order valence-electron chi connectivity index (χ0n) is 15.4. The van der Waals surface area contributed by atoms with Crippen molar-refractivity contribution in [1.82, 2.24) is 0 Å². The smallest absolute Gasteiger partial charge is 0.0637 e. The lowest BCUT2D eigenvalue weighted by Crippen LogP contribution is -2.29. The van der Waals surface area contributed by atoms with Gasteiger partial charge in [0, 0.05) is 45.2 Å². The molecule has 0 N–H and O–H groups in total. The third-order valence-corrected chi connectivity index (χ3v) is 5.65. The second-order valence-electron chi connectivity index (χ2n) is 7.32. The number of ether oxygens (including phenoxy) is 1. The molecule has 3 nitrogen and oxygen atoms in total. The van der Waals surface area contributed by atoms with Crippen LogP contribution in [-0.4, -0.2) is 40.4 Å². The minimum Gasteiger partial charge on any atom is -0.383 e. The summed E-state index contributed by atoms with van der Waals surface area (Å²) >= 11 is 0. The van der Waals surface area contributed by atoms with Crippen LogP contribution in [0, 0.1) is 0 Å². The van der Waals surface area contributed by atoms with E-state index in [2.05, 4.69) is 53.2 Å². The first-order chi connectivity index (χ1) is 12.3. The van der Waals surface area contributed by atoms with Crippen molar-refractivity contribution in [2.24, 2.45) is 0 Å². The first kappa shape index (κ1) is 16.5. The molecular formula is C22H28N2O. The molecule has 1 aliphatic carbocycles. The number of nitrogens with zero attached hydrogens (tertiary/aromatic N) is 2. The first-order valence-corrected chi connectivity index (χ1v) is 9.47. The van der Waals surface area contributed by atoms with Crippen LogP contribution in [0.25, 0.3) is 11.1 Å². The van der Waals surface area contributed by atoms with Crippen LogP contribution in [0.4, 0.5) is 11.4 Å². The number of hydrogen-bond acceptors (Lipinski definition) is 3. The third-order valence-electron chi connectivity index (χ3n) is 5.65. The monoisotopic (exact) mass is 336 g/mol.